The van der Waals surface area contributed by atoms with Crippen LogP contribution in [-0.2, 0) is 24.5 Å². The second-order valence-corrected chi connectivity index (χ2v) is 9.91. The third-order valence-corrected chi connectivity index (χ3v) is 7.37. The van der Waals surface area contributed by atoms with Gasteiger partial charge in [0, 0.05) is 25.2 Å². The topological polar surface area (TPSA) is 101 Å². The first kappa shape index (κ1) is 15.7. The lowest BCUT2D eigenvalue weighted by Gasteiger charge is -2.24. The molecule has 0 aromatic heterocycles. The summed E-state index contributed by atoms with van der Waals surface area (Å²) in [7, 11) is -5.91. The zero-order chi connectivity index (χ0) is 14.8. The molecule has 116 valence electrons. The Balaban J connectivity index is 1.76. The lowest BCUT2D eigenvalue weighted by molar-refractivity contribution is -0.119. The van der Waals surface area contributed by atoms with Crippen molar-refractivity contribution in [3.05, 3.63) is 0 Å². The SMILES string of the molecule is O=CN(CCN[C@H]1CCS(=O)(=O)C1)[C@H]1CCS(=O)(=O)C1. The largest absolute Gasteiger partial charge is 0.340 e. The highest BCUT2D eigenvalue weighted by Gasteiger charge is 2.32. The maximum absolute atomic E-state index is 11.4. The highest BCUT2D eigenvalue weighted by atomic mass is 32.2. The Hall–Kier alpha value is -0.670. The van der Waals surface area contributed by atoms with E-state index in [1.807, 2.05) is 0 Å². The first-order chi connectivity index (χ1) is 9.31. The molecule has 2 aliphatic heterocycles. The lowest BCUT2D eigenvalue weighted by atomic mass is 10.2. The van der Waals surface area contributed by atoms with E-state index in [1.165, 1.54) is 4.90 Å². The summed E-state index contributed by atoms with van der Waals surface area (Å²) in [5, 5.41) is 3.12. The van der Waals surface area contributed by atoms with Crippen LogP contribution in [0.15, 0.2) is 0 Å². The third-order valence-electron chi connectivity index (χ3n) is 3.85. The van der Waals surface area contributed by atoms with Gasteiger partial charge in [-0.05, 0) is 12.8 Å². The number of hydrogen-bond donors (Lipinski definition) is 1. The molecule has 0 aromatic rings. The fourth-order valence-corrected chi connectivity index (χ4v) is 6.16. The molecule has 2 rings (SSSR count). The summed E-state index contributed by atoms with van der Waals surface area (Å²) in [5.41, 5.74) is 0. The van der Waals surface area contributed by atoms with E-state index in [0.29, 0.717) is 32.3 Å². The molecule has 2 atom stereocenters. The minimum absolute atomic E-state index is 0.0313. The van der Waals surface area contributed by atoms with Gasteiger partial charge in [-0.15, -0.1) is 0 Å². The van der Waals surface area contributed by atoms with Crippen molar-refractivity contribution < 1.29 is 21.6 Å². The van der Waals surface area contributed by atoms with Gasteiger partial charge in [-0.3, -0.25) is 4.79 Å². The molecular formula is C11H20N2O5S2. The van der Waals surface area contributed by atoms with Crippen LogP contribution in [0.5, 0.6) is 0 Å². The maximum atomic E-state index is 11.4. The predicted molar refractivity (Wildman–Crippen MR) is 74.9 cm³/mol. The molecule has 2 saturated heterocycles. The quantitative estimate of drug-likeness (QED) is 0.591. The van der Waals surface area contributed by atoms with Gasteiger partial charge in [0.05, 0.1) is 23.0 Å². The van der Waals surface area contributed by atoms with Crippen molar-refractivity contribution in [2.45, 2.75) is 24.9 Å². The number of nitrogens with one attached hydrogen (secondary N) is 1. The second-order valence-electron chi connectivity index (χ2n) is 5.45. The van der Waals surface area contributed by atoms with E-state index in [9.17, 15) is 21.6 Å². The average Bonchev–Trinajstić information content (AvgIpc) is 2.87. The van der Waals surface area contributed by atoms with Crippen molar-refractivity contribution in [1.29, 1.82) is 0 Å². The molecule has 0 spiro atoms. The summed E-state index contributed by atoms with van der Waals surface area (Å²) in [6.07, 6.45) is 1.76. The van der Waals surface area contributed by atoms with E-state index in [0.717, 1.165) is 0 Å². The van der Waals surface area contributed by atoms with E-state index >= 15 is 0 Å². The molecule has 1 amide bonds. The predicted octanol–water partition coefficient (Wildman–Crippen LogP) is -1.59. The maximum Gasteiger partial charge on any atom is 0.210 e. The monoisotopic (exact) mass is 324 g/mol. The summed E-state index contributed by atoms with van der Waals surface area (Å²) >= 11 is 0. The van der Waals surface area contributed by atoms with Crippen LogP contribution in [0.3, 0.4) is 0 Å². The Bertz CT molecular complexity index is 557. The molecule has 2 fully saturated rings. The highest BCUT2D eigenvalue weighted by Crippen LogP contribution is 2.16. The molecule has 1 N–H and O–H groups in total. The minimum Gasteiger partial charge on any atom is -0.340 e. The van der Waals surface area contributed by atoms with Gasteiger partial charge in [-0.25, -0.2) is 16.8 Å². The minimum atomic E-state index is -3.01. The number of carbonyl (C=O) groups is 1. The van der Waals surface area contributed by atoms with E-state index in [4.69, 9.17) is 0 Å². The first-order valence-corrected chi connectivity index (χ1v) is 10.3. The summed E-state index contributed by atoms with van der Waals surface area (Å²) in [6, 6.07) is -0.299. The Morgan fingerprint density at radius 2 is 1.70 bits per heavy atom. The molecule has 0 aromatic carbocycles. The number of carbonyl (C=O) groups excluding carboxylic acids is 1. The molecule has 0 saturated carbocycles. The van der Waals surface area contributed by atoms with E-state index in [2.05, 4.69) is 5.32 Å². The normalized spacial score (nSPS) is 31.2. The van der Waals surface area contributed by atoms with Crippen molar-refractivity contribution in [1.82, 2.24) is 10.2 Å². The zero-order valence-corrected chi connectivity index (χ0v) is 12.8. The van der Waals surface area contributed by atoms with Crippen LogP contribution in [0.2, 0.25) is 0 Å². The summed E-state index contributed by atoms with van der Waals surface area (Å²) in [6.45, 7) is 0.885. The molecule has 2 heterocycles. The Morgan fingerprint density at radius 1 is 1.05 bits per heavy atom. The lowest BCUT2D eigenvalue weighted by Crippen LogP contribution is -2.42. The highest BCUT2D eigenvalue weighted by molar-refractivity contribution is 7.91. The van der Waals surface area contributed by atoms with Crippen LogP contribution in [0.4, 0.5) is 0 Å². The van der Waals surface area contributed by atoms with Gasteiger partial charge in [-0.2, -0.15) is 0 Å². The number of sulfone groups is 2. The Kier molecular flexibility index (Phi) is 4.70. The van der Waals surface area contributed by atoms with Crippen LogP contribution in [0, 0.1) is 0 Å². The average molecular weight is 324 g/mol. The molecule has 0 unspecified atom stereocenters. The standard InChI is InChI=1S/C11H20N2O5S2/c14-9-13(11-2-6-20(17,18)8-11)4-3-12-10-1-5-19(15,16)7-10/h9-12H,1-8H2/t10-,11-/m0/s1. The number of rotatable bonds is 6. The van der Waals surface area contributed by atoms with Crippen LogP contribution in [-0.4, -0.2) is 76.3 Å². The van der Waals surface area contributed by atoms with Crippen LogP contribution in [0.1, 0.15) is 12.8 Å². The second kappa shape index (κ2) is 5.98. The molecular weight excluding hydrogens is 304 g/mol. The van der Waals surface area contributed by atoms with Crippen LogP contribution >= 0.6 is 0 Å². The van der Waals surface area contributed by atoms with Gasteiger partial charge in [0.25, 0.3) is 0 Å². The van der Waals surface area contributed by atoms with Gasteiger partial charge in [0.2, 0.25) is 6.41 Å². The fourth-order valence-electron chi connectivity index (χ4n) is 2.71. The van der Waals surface area contributed by atoms with Gasteiger partial charge in [0.1, 0.15) is 0 Å². The van der Waals surface area contributed by atoms with E-state index < -0.39 is 19.7 Å². The summed E-state index contributed by atoms with van der Waals surface area (Å²) < 4.78 is 45.4. The van der Waals surface area contributed by atoms with E-state index in [-0.39, 0.29) is 35.1 Å². The Labute approximate surface area is 119 Å². The fraction of sp³-hybridized carbons (Fsp3) is 0.909. The smallest absolute Gasteiger partial charge is 0.210 e. The number of amides is 1. The molecule has 9 heteroatoms. The van der Waals surface area contributed by atoms with Gasteiger partial charge in [-0.1, -0.05) is 0 Å². The van der Waals surface area contributed by atoms with Crippen molar-refractivity contribution in [2.24, 2.45) is 0 Å². The van der Waals surface area contributed by atoms with Crippen molar-refractivity contribution >= 4 is 26.1 Å². The third kappa shape index (κ3) is 4.16. The zero-order valence-electron chi connectivity index (χ0n) is 11.2. The van der Waals surface area contributed by atoms with Gasteiger partial charge < -0.3 is 10.2 Å². The van der Waals surface area contributed by atoms with Gasteiger partial charge >= 0.3 is 0 Å². The molecule has 2 aliphatic rings. The summed E-state index contributed by atoms with van der Waals surface area (Å²) in [4.78, 5) is 12.5. The molecule has 0 radical (unpaired) electrons. The summed E-state index contributed by atoms with van der Waals surface area (Å²) in [5.74, 6) is 0.522. The molecule has 7 nitrogen and oxygen atoms in total. The van der Waals surface area contributed by atoms with Crippen LogP contribution < -0.4 is 5.32 Å². The van der Waals surface area contributed by atoms with Crippen molar-refractivity contribution in [3.63, 3.8) is 0 Å². The number of nitrogens with zero attached hydrogens (tertiary/aromatic N) is 1. The van der Waals surface area contributed by atoms with Crippen molar-refractivity contribution in [2.75, 3.05) is 36.1 Å². The molecule has 0 aliphatic carbocycles. The molecule has 20 heavy (non-hydrogen) atoms. The number of hydrogen-bond acceptors (Lipinski definition) is 6. The Morgan fingerprint density at radius 3 is 2.20 bits per heavy atom. The molecule has 0 bridgehead atoms. The van der Waals surface area contributed by atoms with Gasteiger partial charge in [0.15, 0.2) is 19.7 Å². The van der Waals surface area contributed by atoms with Crippen molar-refractivity contribution in [3.8, 4) is 0 Å². The first-order valence-electron chi connectivity index (χ1n) is 6.66. The van der Waals surface area contributed by atoms with E-state index in [1.54, 1.807) is 0 Å². The van der Waals surface area contributed by atoms with Crippen LogP contribution in [0.25, 0.3) is 0 Å².